The molecule has 27 heavy (non-hydrogen) atoms. The highest BCUT2D eigenvalue weighted by molar-refractivity contribution is 9.10. The summed E-state index contributed by atoms with van der Waals surface area (Å²) in [7, 11) is 1.47. The van der Waals surface area contributed by atoms with Crippen molar-refractivity contribution in [2.45, 2.75) is 6.92 Å². The Bertz CT molecular complexity index is 975. The van der Waals surface area contributed by atoms with Crippen LogP contribution in [0.2, 0.25) is 0 Å². The van der Waals surface area contributed by atoms with Crippen LogP contribution in [-0.4, -0.2) is 19.0 Å². The van der Waals surface area contributed by atoms with Crippen LogP contribution in [0.3, 0.4) is 0 Å². The second-order valence-electron chi connectivity index (χ2n) is 5.62. The summed E-state index contributed by atoms with van der Waals surface area (Å²) in [4.78, 5) is 23.8. The van der Waals surface area contributed by atoms with Crippen LogP contribution in [0.25, 0.3) is 11.8 Å². The maximum Gasteiger partial charge on any atom is 0.343 e. The van der Waals surface area contributed by atoms with Gasteiger partial charge in [0, 0.05) is 27.0 Å². The van der Waals surface area contributed by atoms with E-state index in [2.05, 4.69) is 31.9 Å². The van der Waals surface area contributed by atoms with Gasteiger partial charge in [-0.25, -0.2) is 4.79 Å². The fourth-order valence-electron chi connectivity index (χ4n) is 2.51. The fraction of sp³-hybridized carbons (Fsp3) is 0.100. The smallest absolute Gasteiger partial charge is 0.343 e. The van der Waals surface area contributed by atoms with E-state index in [9.17, 15) is 9.59 Å². The first-order valence-corrected chi connectivity index (χ1v) is 9.43. The molecule has 0 aromatic heterocycles. The molecule has 0 spiro atoms. The molecule has 0 saturated carbocycles. The summed E-state index contributed by atoms with van der Waals surface area (Å²) in [5, 5.41) is 0. The van der Waals surface area contributed by atoms with Crippen LogP contribution in [0.15, 0.2) is 57.0 Å². The van der Waals surface area contributed by atoms with E-state index in [1.54, 1.807) is 24.3 Å². The number of halogens is 2. The first kappa shape index (κ1) is 19.4. The molecule has 0 fully saturated rings. The summed E-state index contributed by atoms with van der Waals surface area (Å²) in [6.45, 7) is 1.30. The van der Waals surface area contributed by atoms with Gasteiger partial charge in [-0.3, -0.25) is 4.79 Å². The number of cyclic esters (lactones) is 1. The lowest BCUT2D eigenvalue weighted by Gasteiger charge is -2.12. The topological polar surface area (TPSA) is 61.8 Å². The van der Waals surface area contributed by atoms with Crippen molar-refractivity contribution >= 4 is 55.6 Å². The predicted octanol–water partition coefficient (Wildman–Crippen LogP) is 5.13. The highest BCUT2D eigenvalue weighted by atomic mass is 79.9. The molecule has 1 aliphatic heterocycles. The lowest BCUT2D eigenvalue weighted by molar-refractivity contribution is -0.132. The van der Waals surface area contributed by atoms with Crippen LogP contribution in [0.5, 0.6) is 11.5 Å². The maximum atomic E-state index is 12.3. The quantitative estimate of drug-likeness (QED) is 0.336. The summed E-state index contributed by atoms with van der Waals surface area (Å²) in [6.07, 6.45) is 3.25. The molecule has 1 aliphatic rings. The summed E-state index contributed by atoms with van der Waals surface area (Å²) < 4.78 is 17.6. The van der Waals surface area contributed by atoms with E-state index in [0.29, 0.717) is 27.1 Å². The van der Waals surface area contributed by atoms with Crippen molar-refractivity contribution in [1.82, 2.24) is 0 Å². The molecule has 2 aromatic rings. The molecule has 0 unspecified atom stereocenters. The molecule has 0 radical (unpaired) electrons. The van der Waals surface area contributed by atoms with Crippen LogP contribution in [-0.2, 0) is 14.3 Å². The van der Waals surface area contributed by atoms with Gasteiger partial charge in [0.05, 0.1) is 12.7 Å². The fourth-order valence-corrected chi connectivity index (χ4v) is 3.23. The monoisotopic (exact) mass is 492 g/mol. The molecule has 0 saturated heterocycles. The molecule has 7 heteroatoms. The second kappa shape index (κ2) is 8.10. The molecule has 0 aliphatic carbocycles. The Hall–Kier alpha value is -2.38. The number of esters is 2. The number of hydrogen-bond acceptors (Lipinski definition) is 5. The third-order valence-corrected chi connectivity index (χ3v) is 4.67. The van der Waals surface area contributed by atoms with Crippen LogP contribution >= 0.6 is 31.9 Å². The van der Waals surface area contributed by atoms with Gasteiger partial charge in [-0.15, -0.1) is 0 Å². The Morgan fingerprint density at radius 3 is 2.44 bits per heavy atom. The van der Waals surface area contributed by atoms with Gasteiger partial charge in [0.1, 0.15) is 5.76 Å². The van der Waals surface area contributed by atoms with Crippen LogP contribution in [0, 0.1) is 0 Å². The average Bonchev–Trinajstić information content (AvgIpc) is 2.98. The molecule has 1 heterocycles. The summed E-state index contributed by atoms with van der Waals surface area (Å²) >= 11 is 6.76. The van der Waals surface area contributed by atoms with E-state index in [0.717, 1.165) is 10.0 Å². The van der Waals surface area contributed by atoms with Gasteiger partial charge >= 0.3 is 11.9 Å². The van der Waals surface area contributed by atoms with Gasteiger partial charge in [0.2, 0.25) is 0 Å². The van der Waals surface area contributed by atoms with Crippen molar-refractivity contribution < 1.29 is 23.8 Å². The highest BCUT2D eigenvalue weighted by Gasteiger charge is 2.23. The average molecular weight is 494 g/mol. The Labute approximate surface area is 172 Å². The summed E-state index contributed by atoms with van der Waals surface area (Å²) in [5.74, 6) is 0.0830. The van der Waals surface area contributed by atoms with Gasteiger partial charge in [0.25, 0.3) is 0 Å². The summed E-state index contributed by atoms with van der Waals surface area (Å²) in [6, 6.07) is 10.8. The third kappa shape index (κ3) is 4.48. The van der Waals surface area contributed by atoms with Gasteiger partial charge in [-0.1, -0.05) is 44.0 Å². The molecular formula is C20H14Br2O5. The van der Waals surface area contributed by atoms with Crippen molar-refractivity contribution in [2.24, 2.45) is 0 Å². The van der Waals surface area contributed by atoms with Gasteiger partial charge in [0.15, 0.2) is 11.5 Å². The molecule has 0 N–H and O–H groups in total. The van der Waals surface area contributed by atoms with Crippen molar-refractivity contribution in [3.63, 3.8) is 0 Å². The molecule has 0 bridgehead atoms. The van der Waals surface area contributed by atoms with Crippen molar-refractivity contribution in [2.75, 3.05) is 7.11 Å². The van der Waals surface area contributed by atoms with E-state index in [1.807, 2.05) is 24.3 Å². The van der Waals surface area contributed by atoms with Crippen LogP contribution in [0.1, 0.15) is 18.1 Å². The molecule has 2 aromatic carbocycles. The van der Waals surface area contributed by atoms with E-state index in [-0.39, 0.29) is 5.75 Å². The Morgan fingerprint density at radius 2 is 1.81 bits per heavy atom. The molecule has 3 rings (SSSR count). The third-order valence-electron chi connectivity index (χ3n) is 3.68. The number of ether oxygens (including phenoxy) is 3. The van der Waals surface area contributed by atoms with E-state index in [4.69, 9.17) is 14.2 Å². The molecule has 0 amide bonds. The zero-order valence-electron chi connectivity index (χ0n) is 14.4. The number of benzene rings is 2. The minimum absolute atomic E-state index is 0.235. The zero-order chi connectivity index (χ0) is 19.6. The minimum atomic E-state index is -0.490. The molecule has 138 valence electrons. The summed E-state index contributed by atoms with van der Waals surface area (Å²) in [5.41, 5.74) is 1.63. The van der Waals surface area contributed by atoms with Crippen molar-refractivity contribution in [3.05, 3.63) is 68.1 Å². The van der Waals surface area contributed by atoms with Crippen LogP contribution in [0.4, 0.5) is 0 Å². The number of carbonyl (C=O) groups excluding carboxylic acids is 2. The molecule has 5 nitrogen and oxygen atoms in total. The van der Waals surface area contributed by atoms with Gasteiger partial charge in [-0.05, 0) is 36.4 Å². The predicted molar refractivity (Wildman–Crippen MR) is 108 cm³/mol. The van der Waals surface area contributed by atoms with Crippen LogP contribution < -0.4 is 9.47 Å². The number of carbonyl (C=O) groups is 2. The Balaban J connectivity index is 2.05. The normalized spacial score (nSPS) is 14.7. The zero-order valence-corrected chi connectivity index (χ0v) is 17.6. The largest absolute Gasteiger partial charge is 0.493 e. The van der Waals surface area contributed by atoms with E-state index in [1.165, 1.54) is 14.0 Å². The van der Waals surface area contributed by atoms with E-state index >= 15 is 0 Å². The molecular weight excluding hydrogens is 480 g/mol. The number of rotatable bonds is 4. The lowest BCUT2D eigenvalue weighted by atomic mass is 10.1. The lowest BCUT2D eigenvalue weighted by Crippen LogP contribution is -2.05. The minimum Gasteiger partial charge on any atom is -0.493 e. The SMILES string of the molecule is COc1cc(Br)cc(/C=C2/C=C(c3ccc(Br)cc3)OC2=O)c1OC(C)=O. The Morgan fingerprint density at radius 1 is 1.11 bits per heavy atom. The number of hydrogen-bond donors (Lipinski definition) is 0. The van der Waals surface area contributed by atoms with Crippen molar-refractivity contribution in [3.8, 4) is 11.5 Å². The Kier molecular flexibility index (Phi) is 5.82. The van der Waals surface area contributed by atoms with E-state index < -0.39 is 11.9 Å². The standard InChI is InChI=1S/C20H14Br2O5/c1-11(23)26-19-13(8-16(22)10-18(19)25-2)7-14-9-17(27-20(14)24)12-3-5-15(21)6-4-12/h3-10H,1-2H3/b14-7-. The maximum absolute atomic E-state index is 12.3. The first-order valence-electron chi connectivity index (χ1n) is 7.85. The second-order valence-corrected chi connectivity index (χ2v) is 7.46. The first-order chi connectivity index (χ1) is 12.9. The van der Waals surface area contributed by atoms with Gasteiger partial charge in [-0.2, -0.15) is 0 Å². The van der Waals surface area contributed by atoms with Gasteiger partial charge < -0.3 is 14.2 Å². The number of methoxy groups -OCH3 is 1. The highest BCUT2D eigenvalue weighted by Crippen LogP contribution is 2.37. The van der Waals surface area contributed by atoms with Crippen molar-refractivity contribution in [1.29, 1.82) is 0 Å². The molecule has 0 atom stereocenters.